The number of anilines is 1. The van der Waals surface area contributed by atoms with Crippen LogP contribution in [-0.2, 0) is 6.54 Å². The summed E-state index contributed by atoms with van der Waals surface area (Å²) in [5, 5.41) is 2.84. The largest absolute Gasteiger partial charge is 0.336 e. The molecule has 0 saturated carbocycles. The third kappa shape index (κ3) is 6.05. The predicted molar refractivity (Wildman–Crippen MR) is 139 cm³/mol. The Morgan fingerprint density at radius 3 is 2.24 bits per heavy atom. The third-order valence-corrected chi connectivity index (χ3v) is 6.36. The van der Waals surface area contributed by atoms with Crippen LogP contribution in [-0.4, -0.2) is 57.8 Å². The minimum atomic E-state index is -0.345. The molecule has 0 unspecified atom stereocenters. The predicted octanol–water partition coefficient (Wildman–Crippen LogP) is 4.49. The quantitative estimate of drug-likeness (QED) is 0.426. The molecule has 3 heterocycles. The van der Waals surface area contributed by atoms with Crippen molar-refractivity contribution in [2.45, 2.75) is 6.54 Å². The summed E-state index contributed by atoms with van der Waals surface area (Å²) in [6.45, 7) is 3.38. The summed E-state index contributed by atoms with van der Waals surface area (Å²) in [5.74, 6) is -0.693. The number of amides is 2. The van der Waals surface area contributed by atoms with E-state index in [4.69, 9.17) is 0 Å². The summed E-state index contributed by atoms with van der Waals surface area (Å²) in [6.07, 6.45) is 4.96. The van der Waals surface area contributed by atoms with Gasteiger partial charge < -0.3 is 10.2 Å². The second-order valence-electron chi connectivity index (χ2n) is 8.90. The first-order valence-corrected chi connectivity index (χ1v) is 12.1. The summed E-state index contributed by atoms with van der Waals surface area (Å²) in [6, 6.07) is 21.0. The van der Waals surface area contributed by atoms with Crippen LogP contribution in [0.15, 0.2) is 91.4 Å². The molecular weight excluding hydrogens is 469 g/mol. The van der Waals surface area contributed by atoms with Crippen molar-refractivity contribution in [3.05, 3.63) is 114 Å². The van der Waals surface area contributed by atoms with Gasteiger partial charge in [-0.2, -0.15) is 0 Å². The molecule has 2 aromatic carbocycles. The van der Waals surface area contributed by atoms with Crippen LogP contribution in [0, 0.1) is 5.82 Å². The van der Waals surface area contributed by atoms with Crippen LogP contribution in [0.2, 0.25) is 0 Å². The highest BCUT2D eigenvalue weighted by Crippen LogP contribution is 2.21. The number of halogens is 1. The van der Waals surface area contributed by atoms with Gasteiger partial charge in [0.2, 0.25) is 0 Å². The smallest absolute Gasteiger partial charge is 0.274 e. The molecule has 186 valence electrons. The molecule has 1 N–H and O–H groups in total. The molecule has 1 aliphatic rings. The van der Waals surface area contributed by atoms with Crippen LogP contribution in [0.4, 0.5) is 10.1 Å². The maximum atomic E-state index is 13.1. The Labute approximate surface area is 214 Å². The van der Waals surface area contributed by atoms with Crippen molar-refractivity contribution in [1.82, 2.24) is 19.8 Å². The summed E-state index contributed by atoms with van der Waals surface area (Å²) >= 11 is 0. The fourth-order valence-electron chi connectivity index (χ4n) is 4.27. The second kappa shape index (κ2) is 11.1. The van der Waals surface area contributed by atoms with E-state index in [0.29, 0.717) is 24.3 Å². The summed E-state index contributed by atoms with van der Waals surface area (Å²) in [7, 11) is 0. The Balaban J connectivity index is 1.13. The molecule has 0 atom stereocenters. The Hall–Kier alpha value is -4.43. The highest BCUT2D eigenvalue weighted by molar-refractivity contribution is 6.03. The maximum Gasteiger partial charge on any atom is 0.274 e. The number of hydrogen-bond acceptors (Lipinski definition) is 5. The minimum absolute atomic E-state index is 0.105. The number of benzene rings is 2. The molecule has 2 amide bonds. The molecule has 1 aliphatic heterocycles. The first-order chi connectivity index (χ1) is 18.0. The van der Waals surface area contributed by atoms with Crippen molar-refractivity contribution >= 4 is 17.5 Å². The zero-order chi connectivity index (χ0) is 25.6. The molecule has 37 heavy (non-hydrogen) atoms. The van der Waals surface area contributed by atoms with Crippen molar-refractivity contribution < 1.29 is 14.0 Å². The van der Waals surface area contributed by atoms with E-state index in [1.165, 1.54) is 18.3 Å². The average Bonchev–Trinajstić information content (AvgIpc) is 2.95. The fraction of sp³-hybridized carbons (Fsp3) is 0.172. The van der Waals surface area contributed by atoms with Gasteiger partial charge in [-0.05, 0) is 59.2 Å². The van der Waals surface area contributed by atoms with Crippen molar-refractivity contribution in [2.75, 3.05) is 31.5 Å². The molecule has 0 spiro atoms. The van der Waals surface area contributed by atoms with E-state index in [1.54, 1.807) is 41.6 Å². The number of nitrogens with zero attached hydrogens (tertiary/aromatic N) is 4. The average molecular weight is 496 g/mol. The van der Waals surface area contributed by atoms with Crippen LogP contribution in [0.5, 0.6) is 0 Å². The molecular formula is C29H26FN5O2. The van der Waals surface area contributed by atoms with Gasteiger partial charge in [-0.3, -0.25) is 24.5 Å². The van der Waals surface area contributed by atoms with Crippen LogP contribution < -0.4 is 5.32 Å². The Morgan fingerprint density at radius 2 is 1.59 bits per heavy atom. The second-order valence-corrected chi connectivity index (χ2v) is 8.90. The highest BCUT2D eigenvalue weighted by Gasteiger charge is 2.23. The van der Waals surface area contributed by atoms with Gasteiger partial charge in [0.15, 0.2) is 0 Å². The van der Waals surface area contributed by atoms with Crippen LogP contribution in [0.1, 0.15) is 26.4 Å². The lowest BCUT2D eigenvalue weighted by molar-refractivity contribution is 0.0627. The van der Waals surface area contributed by atoms with E-state index in [2.05, 4.69) is 20.2 Å². The first-order valence-electron chi connectivity index (χ1n) is 12.1. The normalized spacial score (nSPS) is 13.8. The summed E-state index contributed by atoms with van der Waals surface area (Å²) in [4.78, 5) is 38.0. The minimum Gasteiger partial charge on any atom is -0.336 e. The number of carbonyl (C=O) groups is 2. The van der Waals surface area contributed by atoms with Gasteiger partial charge >= 0.3 is 0 Å². The fourth-order valence-corrected chi connectivity index (χ4v) is 4.27. The van der Waals surface area contributed by atoms with Crippen molar-refractivity contribution in [3.8, 4) is 11.1 Å². The molecule has 5 rings (SSSR count). The van der Waals surface area contributed by atoms with E-state index >= 15 is 0 Å². The van der Waals surface area contributed by atoms with Crippen molar-refractivity contribution in [2.24, 2.45) is 0 Å². The molecule has 4 aromatic rings. The van der Waals surface area contributed by atoms with Gasteiger partial charge in [-0.1, -0.05) is 30.3 Å². The van der Waals surface area contributed by atoms with Crippen molar-refractivity contribution in [3.63, 3.8) is 0 Å². The number of nitrogens with one attached hydrogen (secondary N) is 1. The number of rotatable bonds is 6. The molecule has 2 aromatic heterocycles. The third-order valence-electron chi connectivity index (χ3n) is 6.36. The standard InChI is InChI=1S/C29H26FN5O2/c30-25-8-3-21(4-9-25)20-34-14-16-35(17-15-34)29(37)24-7-12-27(32-19-24)28(36)33-26-10-5-22(6-11-26)23-2-1-13-31-18-23/h1-13,18-19H,14-17,20H2,(H,33,36). The van der Waals surface area contributed by atoms with E-state index < -0.39 is 0 Å². The van der Waals surface area contributed by atoms with Gasteiger partial charge in [0.1, 0.15) is 11.5 Å². The van der Waals surface area contributed by atoms with E-state index in [0.717, 1.165) is 36.3 Å². The number of carbonyl (C=O) groups excluding carboxylic acids is 2. The van der Waals surface area contributed by atoms with Crippen LogP contribution in [0.3, 0.4) is 0 Å². The lowest BCUT2D eigenvalue weighted by atomic mass is 10.1. The molecule has 1 fully saturated rings. The Bertz CT molecular complexity index is 1350. The number of piperazine rings is 1. The van der Waals surface area contributed by atoms with Crippen molar-refractivity contribution in [1.29, 1.82) is 0 Å². The maximum absolute atomic E-state index is 13.1. The van der Waals surface area contributed by atoms with E-state index in [1.807, 2.05) is 36.4 Å². The monoisotopic (exact) mass is 495 g/mol. The van der Waals surface area contributed by atoms with Gasteiger partial charge in [0.05, 0.1) is 5.56 Å². The zero-order valence-electron chi connectivity index (χ0n) is 20.2. The Morgan fingerprint density at radius 1 is 0.838 bits per heavy atom. The molecule has 0 aliphatic carbocycles. The van der Waals surface area contributed by atoms with Crippen LogP contribution in [0.25, 0.3) is 11.1 Å². The topological polar surface area (TPSA) is 78.4 Å². The molecule has 1 saturated heterocycles. The molecule has 8 heteroatoms. The zero-order valence-corrected chi connectivity index (χ0v) is 20.2. The van der Waals surface area contributed by atoms with Gasteiger partial charge in [0, 0.05) is 57.0 Å². The summed E-state index contributed by atoms with van der Waals surface area (Å²) < 4.78 is 13.1. The number of hydrogen-bond donors (Lipinski definition) is 1. The summed E-state index contributed by atoms with van der Waals surface area (Å²) in [5.41, 5.74) is 4.38. The molecule has 7 nitrogen and oxygen atoms in total. The SMILES string of the molecule is O=C(Nc1ccc(-c2cccnc2)cc1)c1ccc(C(=O)N2CCN(Cc3ccc(F)cc3)CC2)cn1. The highest BCUT2D eigenvalue weighted by atomic mass is 19.1. The van der Waals surface area contributed by atoms with Gasteiger partial charge in [-0.25, -0.2) is 4.39 Å². The Kier molecular flexibility index (Phi) is 7.28. The first kappa shape index (κ1) is 24.3. The lowest BCUT2D eigenvalue weighted by Crippen LogP contribution is -2.48. The van der Waals surface area contributed by atoms with Crippen LogP contribution >= 0.6 is 0 Å². The van der Waals surface area contributed by atoms with E-state index in [9.17, 15) is 14.0 Å². The lowest BCUT2D eigenvalue weighted by Gasteiger charge is -2.34. The van der Waals surface area contributed by atoms with Gasteiger partial charge in [0.25, 0.3) is 11.8 Å². The number of aromatic nitrogens is 2. The number of pyridine rings is 2. The van der Waals surface area contributed by atoms with Gasteiger partial charge in [-0.15, -0.1) is 0 Å². The molecule has 0 bridgehead atoms. The van der Waals surface area contributed by atoms with E-state index in [-0.39, 0.29) is 23.3 Å². The molecule has 0 radical (unpaired) electrons.